The lowest BCUT2D eigenvalue weighted by Gasteiger charge is -2.03. The predicted octanol–water partition coefficient (Wildman–Crippen LogP) is 1.89. The van der Waals surface area contributed by atoms with Gasteiger partial charge < -0.3 is 4.74 Å². The molecule has 0 unspecified atom stereocenters. The number of methoxy groups -OCH3 is 1. The van der Waals surface area contributed by atoms with Gasteiger partial charge in [0.05, 0.1) is 25.2 Å². The molecular weight excluding hydrogens is 266 g/mol. The van der Waals surface area contributed by atoms with Gasteiger partial charge in [-0.2, -0.15) is 0 Å². The Morgan fingerprint density at radius 2 is 1.90 bits per heavy atom. The summed E-state index contributed by atoms with van der Waals surface area (Å²) >= 11 is 0. The van der Waals surface area contributed by atoms with Gasteiger partial charge in [0.1, 0.15) is 0 Å². The number of aromatic nitrogens is 3. The maximum Gasteiger partial charge on any atom is 0.330 e. The van der Waals surface area contributed by atoms with Gasteiger partial charge in [-0.05, 0) is 17.7 Å². The first-order valence-corrected chi connectivity index (χ1v) is 6.88. The van der Waals surface area contributed by atoms with Crippen LogP contribution in [-0.2, 0) is 17.8 Å². The third-order valence-electron chi connectivity index (χ3n) is 3.48. The molecule has 2 aromatic heterocycles. The Labute approximate surface area is 122 Å². The SMILES string of the molecule is COCCn1c(=O)n(Cc2ccccc2)c2cccnc21. The number of imidazole rings is 1. The number of rotatable bonds is 5. The van der Waals surface area contributed by atoms with Crippen LogP contribution < -0.4 is 5.69 Å². The molecule has 0 amide bonds. The summed E-state index contributed by atoms with van der Waals surface area (Å²) < 4.78 is 8.51. The predicted molar refractivity (Wildman–Crippen MR) is 81.4 cm³/mol. The number of benzene rings is 1. The third-order valence-corrected chi connectivity index (χ3v) is 3.48. The highest BCUT2D eigenvalue weighted by Gasteiger charge is 2.13. The van der Waals surface area contributed by atoms with Gasteiger partial charge >= 0.3 is 5.69 Å². The van der Waals surface area contributed by atoms with E-state index in [-0.39, 0.29) is 5.69 Å². The highest BCUT2D eigenvalue weighted by molar-refractivity contribution is 5.71. The van der Waals surface area contributed by atoms with Crippen LogP contribution in [0.1, 0.15) is 5.56 Å². The van der Waals surface area contributed by atoms with E-state index in [2.05, 4.69) is 4.98 Å². The molecule has 0 saturated carbocycles. The molecule has 0 fully saturated rings. The van der Waals surface area contributed by atoms with E-state index >= 15 is 0 Å². The molecule has 0 aliphatic rings. The number of nitrogens with zero attached hydrogens (tertiary/aromatic N) is 3. The third kappa shape index (κ3) is 2.60. The molecule has 0 bridgehead atoms. The van der Waals surface area contributed by atoms with Crippen LogP contribution in [0.3, 0.4) is 0 Å². The molecule has 5 heteroatoms. The van der Waals surface area contributed by atoms with Gasteiger partial charge in [0, 0.05) is 13.3 Å². The molecule has 3 aromatic rings. The zero-order chi connectivity index (χ0) is 14.7. The average Bonchev–Trinajstić information content (AvgIpc) is 2.79. The van der Waals surface area contributed by atoms with E-state index < -0.39 is 0 Å². The first-order chi connectivity index (χ1) is 10.3. The number of ether oxygens (including phenoxy) is 1. The summed E-state index contributed by atoms with van der Waals surface area (Å²) in [5.74, 6) is 0. The fourth-order valence-corrected chi connectivity index (χ4v) is 2.45. The van der Waals surface area contributed by atoms with Gasteiger partial charge in [0.2, 0.25) is 0 Å². The Hall–Kier alpha value is -2.40. The molecule has 0 saturated heterocycles. The second kappa shape index (κ2) is 5.93. The Morgan fingerprint density at radius 1 is 1.10 bits per heavy atom. The minimum atomic E-state index is -0.0513. The van der Waals surface area contributed by atoms with Gasteiger partial charge in [0.15, 0.2) is 5.65 Å². The van der Waals surface area contributed by atoms with Crippen LogP contribution in [0, 0.1) is 0 Å². The van der Waals surface area contributed by atoms with Crippen LogP contribution in [0.5, 0.6) is 0 Å². The van der Waals surface area contributed by atoms with Gasteiger partial charge in [-0.1, -0.05) is 30.3 Å². The Balaban J connectivity index is 2.09. The van der Waals surface area contributed by atoms with Crippen molar-refractivity contribution in [1.82, 2.24) is 14.1 Å². The van der Waals surface area contributed by atoms with Crippen molar-refractivity contribution < 1.29 is 4.74 Å². The molecule has 0 N–H and O–H groups in total. The summed E-state index contributed by atoms with van der Waals surface area (Å²) in [6, 6.07) is 13.7. The standard InChI is InChI=1S/C16H17N3O2/c1-21-11-10-18-15-14(8-5-9-17-15)19(16(18)20)12-13-6-3-2-4-7-13/h2-9H,10-12H2,1H3. The first kappa shape index (κ1) is 13.6. The van der Waals surface area contributed by atoms with Crippen LogP contribution >= 0.6 is 0 Å². The van der Waals surface area contributed by atoms with E-state index in [9.17, 15) is 4.79 Å². The summed E-state index contributed by atoms with van der Waals surface area (Å²) in [7, 11) is 1.63. The lowest BCUT2D eigenvalue weighted by molar-refractivity contribution is 0.187. The molecule has 0 aliphatic heterocycles. The molecule has 2 heterocycles. The van der Waals surface area contributed by atoms with Crippen LogP contribution in [-0.4, -0.2) is 27.8 Å². The van der Waals surface area contributed by atoms with Crippen molar-refractivity contribution in [2.45, 2.75) is 13.1 Å². The van der Waals surface area contributed by atoms with E-state index in [0.717, 1.165) is 11.1 Å². The molecule has 108 valence electrons. The fraction of sp³-hybridized carbons (Fsp3) is 0.250. The summed E-state index contributed by atoms with van der Waals surface area (Å²) in [5.41, 5.74) is 2.59. The first-order valence-electron chi connectivity index (χ1n) is 6.88. The smallest absolute Gasteiger partial charge is 0.330 e. The average molecular weight is 283 g/mol. The van der Waals surface area contributed by atoms with E-state index in [4.69, 9.17) is 4.74 Å². The maximum atomic E-state index is 12.6. The fourth-order valence-electron chi connectivity index (χ4n) is 2.45. The lowest BCUT2D eigenvalue weighted by Crippen LogP contribution is -2.26. The summed E-state index contributed by atoms with van der Waals surface area (Å²) in [4.78, 5) is 17.0. The van der Waals surface area contributed by atoms with Crippen molar-refractivity contribution in [3.05, 3.63) is 64.7 Å². The minimum absolute atomic E-state index is 0.0513. The van der Waals surface area contributed by atoms with Gasteiger partial charge in [0.25, 0.3) is 0 Å². The van der Waals surface area contributed by atoms with Crippen LogP contribution in [0.2, 0.25) is 0 Å². The second-order valence-corrected chi connectivity index (χ2v) is 4.84. The number of pyridine rings is 1. The van der Waals surface area contributed by atoms with Gasteiger partial charge in [-0.15, -0.1) is 0 Å². The highest BCUT2D eigenvalue weighted by Crippen LogP contribution is 2.12. The molecule has 3 rings (SSSR count). The highest BCUT2D eigenvalue weighted by atomic mass is 16.5. The maximum absolute atomic E-state index is 12.6. The molecule has 21 heavy (non-hydrogen) atoms. The zero-order valence-electron chi connectivity index (χ0n) is 11.9. The second-order valence-electron chi connectivity index (χ2n) is 4.84. The van der Waals surface area contributed by atoms with Crippen molar-refractivity contribution in [3.8, 4) is 0 Å². The van der Waals surface area contributed by atoms with Crippen molar-refractivity contribution in [2.24, 2.45) is 0 Å². The monoisotopic (exact) mass is 283 g/mol. The Bertz CT molecular complexity index is 790. The molecule has 1 aromatic carbocycles. The summed E-state index contributed by atoms with van der Waals surface area (Å²) in [6.45, 7) is 1.54. The van der Waals surface area contributed by atoms with Gasteiger partial charge in [-0.3, -0.25) is 9.13 Å². The van der Waals surface area contributed by atoms with Crippen LogP contribution in [0.15, 0.2) is 53.5 Å². The lowest BCUT2D eigenvalue weighted by atomic mass is 10.2. The molecule has 0 atom stereocenters. The topological polar surface area (TPSA) is 49.0 Å². The Kier molecular flexibility index (Phi) is 3.83. The van der Waals surface area contributed by atoms with E-state index in [1.807, 2.05) is 42.5 Å². The summed E-state index contributed by atoms with van der Waals surface area (Å²) in [6.07, 6.45) is 1.71. The quantitative estimate of drug-likeness (QED) is 0.718. The Morgan fingerprint density at radius 3 is 2.67 bits per heavy atom. The van der Waals surface area contributed by atoms with Gasteiger partial charge in [-0.25, -0.2) is 9.78 Å². The largest absolute Gasteiger partial charge is 0.383 e. The van der Waals surface area contributed by atoms with Crippen molar-refractivity contribution in [2.75, 3.05) is 13.7 Å². The number of hydrogen-bond donors (Lipinski definition) is 0. The molecule has 0 spiro atoms. The summed E-state index contributed by atoms with van der Waals surface area (Å²) in [5, 5.41) is 0. The van der Waals surface area contributed by atoms with Crippen molar-refractivity contribution >= 4 is 11.2 Å². The van der Waals surface area contributed by atoms with E-state index in [0.29, 0.717) is 25.3 Å². The molecule has 0 aliphatic carbocycles. The van der Waals surface area contributed by atoms with E-state index in [1.165, 1.54) is 0 Å². The van der Waals surface area contributed by atoms with Crippen LogP contribution in [0.25, 0.3) is 11.2 Å². The van der Waals surface area contributed by atoms with E-state index in [1.54, 1.807) is 22.4 Å². The normalized spacial score (nSPS) is 11.1. The number of fused-ring (bicyclic) bond motifs is 1. The molecule has 0 radical (unpaired) electrons. The minimum Gasteiger partial charge on any atom is -0.383 e. The van der Waals surface area contributed by atoms with Crippen molar-refractivity contribution in [3.63, 3.8) is 0 Å². The number of hydrogen-bond acceptors (Lipinski definition) is 3. The molecular formula is C16H17N3O2. The van der Waals surface area contributed by atoms with Crippen LogP contribution in [0.4, 0.5) is 0 Å². The van der Waals surface area contributed by atoms with Crippen molar-refractivity contribution in [1.29, 1.82) is 0 Å². The zero-order valence-corrected chi connectivity index (χ0v) is 11.9. The molecule has 5 nitrogen and oxygen atoms in total.